The Bertz CT molecular complexity index is 4750. The zero-order valence-electron chi connectivity index (χ0n) is 93.7. The van der Waals surface area contributed by atoms with Crippen molar-refractivity contribution in [1.29, 1.82) is 0 Å². The number of phenolic OH excluding ortho intramolecular Hbond substituents is 6. The normalized spacial score (nSPS) is 15.3. The van der Waals surface area contributed by atoms with Crippen molar-refractivity contribution in [2.24, 2.45) is 35.5 Å². The van der Waals surface area contributed by atoms with Crippen LogP contribution < -0.4 is 28.4 Å². The summed E-state index contributed by atoms with van der Waals surface area (Å²) in [5.41, 5.74) is 2.29. The Balaban J connectivity index is 0.000000312. The van der Waals surface area contributed by atoms with Gasteiger partial charge in [-0.25, -0.2) is 28.8 Å². The van der Waals surface area contributed by atoms with Crippen molar-refractivity contribution in [2.75, 3.05) is 158 Å². The topological polar surface area (TPSA) is 354 Å². The Labute approximate surface area is 885 Å². The fourth-order valence-corrected chi connectivity index (χ4v) is 18.2. The highest BCUT2D eigenvalue weighted by molar-refractivity contribution is 5.95. The van der Waals surface area contributed by atoms with Gasteiger partial charge in [0.2, 0.25) is 0 Å². The minimum Gasteiger partial charge on any atom is -0.508 e. The molecule has 0 aliphatic carbocycles. The van der Waals surface area contributed by atoms with Crippen LogP contribution in [0.4, 0.5) is 0 Å². The molecule has 10 rings (SSSR count). The lowest BCUT2D eigenvalue weighted by Crippen LogP contribution is -2.45. The van der Waals surface area contributed by atoms with Gasteiger partial charge in [0.1, 0.15) is 90.8 Å². The van der Waals surface area contributed by atoms with Crippen LogP contribution in [-0.2, 0) is 28.4 Å². The van der Waals surface area contributed by atoms with E-state index in [1.54, 1.807) is 48.5 Å². The SMILES string of the molecule is CCCCOc1cc(C(=O)OC[C@H](C(C)C)N(CC)CC)ccc1O.CCCCOc1cc(O)ccc1C(=O)OC[C@H](C(C)C)N(CC)CC.CCCOc1cc(C(=O)OC[C@H](C(C)C)N2CCCCC2)ccc1O.CCCOc1cc(O)ccc1C(=O)OC[C@H](C(C)C)N1CCCCC1.CCOc1cc(C(=O)OC[C@H](C(C)C)N2CCCCC2)ccc1O.CCOc1cc(O)ccc1C(=O)OC[C@H](C(C)C)N1CCCCC1. The Morgan fingerprint density at radius 3 is 0.757 bits per heavy atom. The fourth-order valence-electron chi connectivity index (χ4n) is 18.2. The first-order chi connectivity index (χ1) is 71.0. The number of ether oxygens (including phenoxy) is 12. The highest BCUT2D eigenvalue weighted by atomic mass is 16.6. The maximum atomic E-state index is 12.5. The average molecular weight is 2070 g/mol. The third-order valence-corrected chi connectivity index (χ3v) is 27.1. The molecular weight excluding hydrogens is 1890 g/mol. The molecule has 832 valence electrons. The Morgan fingerprint density at radius 1 is 0.264 bits per heavy atom. The summed E-state index contributed by atoms with van der Waals surface area (Å²) in [4.78, 5) is 89.0. The first-order valence-electron chi connectivity index (χ1n) is 55.2. The molecule has 0 saturated carbocycles. The van der Waals surface area contributed by atoms with Crippen LogP contribution in [0, 0.1) is 35.5 Å². The predicted molar refractivity (Wildman–Crippen MR) is 584 cm³/mol. The number of likely N-dealkylation sites (tertiary alicyclic amines) is 4. The molecule has 0 unspecified atom stereocenters. The van der Waals surface area contributed by atoms with Gasteiger partial charge in [-0.3, -0.25) is 29.4 Å². The minimum absolute atomic E-state index is 0.0294. The summed E-state index contributed by atoms with van der Waals surface area (Å²) >= 11 is 0. The van der Waals surface area contributed by atoms with E-state index in [2.05, 4.69) is 154 Å². The Kier molecular flexibility index (Phi) is 61.6. The molecule has 6 N–H and O–H groups in total. The highest BCUT2D eigenvalue weighted by Gasteiger charge is 2.33. The molecule has 0 spiro atoms. The van der Waals surface area contributed by atoms with E-state index in [-0.39, 0.29) is 82.7 Å². The number of carbonyl (C=O) groups excluding carboxylic acids is 6. The standard InChI is InChI=1S/2C20H31NO4.2C20H33NO4.2C19H29NO4/c1-4-12-24-19-13-16(8-9-18(19)22)20(23)25-14-17(15(2)3)21-10-6-5-7-11-21;1-4-12-24-19-13-16(22)8-9-17(19)20(23)25-14-18(15(2)3)21-10-6-5-7-11-21;1-6-9-12-24-19-13-16(10-11-18(19)22)20(23)25-14-17(15(4)5)21(7-2)8-3;1-6-9-12-24-19-13-16(22)10-11-17(19)20(23)25-14-18(15(4)5)21(7-2)8-3;1-4-23-18-12-15(8-9-17(18)21)19(22)24-13-16(14(2)3)20-10-6-5-7-11-20;1-4-23-18-12-15(21)8-9-16(18)19(22)24-13-17(14(2)3)20-10-6-5-7-11-20/h8-9,13,15,17,22H,4-7,10-12,14H2,1-3H3;8-9,13,15,18,22H,4-7,10-12,14H2,1-3H3;10-11,13,15,17,22H,6-9,12,14H2,1-5H3;10-11,13,15,18,22H,6-9,12,14H2,1-5H3;8-9,12,14,16,21H,4-7,10-11,13H2,1-3H3;8-9,12,14,17,21H,4-7,10-11,13H2,1-3H3/t17-;18-;17-;18-;16-;17-/m111111/s1. The van der Waals surface area contributed by atoms with Crippen molar-refractivity contribution >= 4 is 35.8 Å². The van der Waals surface area contributed by atoms with E-state index in [1.807, 2.05) is 27.7 Å². The monoisotopic (exact) mass is 2070 g/mol. The molecule has 30 heteroatoms. The molecule has 4 aliphatic rings. The molecule has 4 heterocycles. The molecule has 30 nitrogen and oxygen atoms in total. The van der Waals surface area contributed by atoms with Crippen LogP contribution in [0.2, 0.25) is 0 Å². The zero-order chi connectivity index (χ0) is 109. The van der Waals surface area contributed by atoms with Crippen LogP contribution in [0.1, 0.15) is 330 Å². The highest BCUT2D eigenvalue weighted by Crippen LogP contribution is 2.35. The zero-order valence-corrected chi connectivity index (χ0v) is 93.7. The number of hydrogen-bond donors (Lipinski definition) is 6. The number of carbonyl (C=O) groups is 6. The number of esters is 6. The van der Waals surface area contributed by atoms with Crippen LogP contribution in [0.3, 0.4) is 0 Å². The molecule has 0 aromatic heterocycles. The number of aromatic hydroxyl groups is 6. The number of likely N-dealkylation sites (N-methyl/N-ethyl adjacent to an activating group) is 2. The summed E-state index contributed by atoms with van der Waals surface area (Å²) in [5.74, 6) is 2.53. The van der Waals surface area contributed by atoms with Crippen molar-refractivity contribution in [1.82, 2.24) is 29.4 Å². The molecule has 6 atom stereocenters. The van der Waals surface area contributed by atoms with E-state index in [0.717, 1.165) is 117 Å². The number of rotatable bonds is 52. The Hall–Kier alpha value is -10.5. The third-order valence-electron chi connectivity index (χ3n) is 27.1. The third kappa shape index (κ3) is 45.0. The molecule has 4 saturated heterocycles. The summed E-state index contributed by atoms with van der Waals surface area (Å²) in [6, 6.07) is 28.6. The lowest BCUT2D eigenvalue weighted by Gasteiger charge is -2.36. The smallest absolute Gasteiger partial charge is 0.341 e. The van der Waals surface area contributed by atoms with E-state index in [0.29, 0.717) is 183 Å². The Morgan fingerprint density at radius 2 is 0.500 bits per heavy atom. The van der Waals surface area contributed by atoms with E-state index >= 15 is 0 Å². The largest absolute Gasteiger partial charge is 0.508 e. The van der Waals surface area contributed by atoms with E-state index in [1.165, 1.54) is 138 Å². The second-order valence-electron chi connectivity index (χ2n) is 40.3. The average Bonchev–Trinajstić information content (AvgIpc) is 0.830. The number of unbranched alkanes of at least 4 members (excludes halogenated alkanes) is 2. The van der Waals surface area contributed by atoms with Gasteiger partial charge < -0.3 is 87.5 Å². The van der Waals surface area contributed by atoms with Crippen LogP contribution in [0.25, 0.3) is 0 Å². The van der Waals surface area contributed by atoms with Gasteiger partial charge in [0.15, 0.2) is 34.5 Å². The molecule has 4 aliphatic heterocycles. The number of nitrogens with zero attached hydrogens (tertiary/aromatic N) is 6. The van der Waals surface area contributed by atoms with Crippen LogP contribution in [0.15, 0.2) is 109 Å². The lowest BCUT2D eigenvalue weighted by atomic mass is 10.00. The van der Waals surface area contributed by atoms with Crippen molar-refractivity contribution in [3.63, 3.8) is 0 Å². The fraction of sp³-hybridized carbons (Fsp3) is 0.644. The first-order valence-corrected chi connectivity index (χ1v) is 55.2. The summed E-state index contributed by atoms with van der Waals surface area (Å²) in [6.07, 6.45) is 20.3. The number of hydrogen-bond acceptors (Lipinski definition) is 30. The van der Waals surface area contributed by atoms with Crippen molar-refractivity contribution in [3.05, 3.63) is 143 Å². The molecule has 0 bridgehead atoms. The van der Waals surface area contributed by atoms with Gasteiger partial charge in [0.25, 0.3) is 0 Å². The molecular formula is C118H186N6O24. The molecule has 148 heavy (non-hydrogen) atoms. The van der Waals surface area contributed by atoms with Crippen molar-refractivity contribution in [2.45, 2.75) is 304 Å². The molecule has 6 aromatic rings. The quantitative estimate of drug-likeness (QED) is 0.0117. The first kappa shape index (κ1) is 128. The number of benzene rings is 6. The molecule has 0 radical (unpaired) electrons. The van der Waals surface area contributed by atoms with E-state index in [4.69, 9.17) is 56.8 Å². The summed E-state index contributed by atoms with van der Waals surface area (Å²) < 4.78 is 66.5. The maximum Gasteiger partial charge on any atom is 0.341 e. The second-order valence-corrected chi connectivity index (χ2v) is 40.3. The number of phenols is 6. The van der Waals surface area contributed by atoms with E-state index < -0.39 is 23.9 Å². The van der Waals surface area contributed by atoms with Crippen LogP contribution in [0.5, 0.6) is 69.0 Å². The van der Waals surface area contributed by atoms with Crippen LogP contribution in [-0.4, -0.2) is 290 Å². The summed E-state index contributed by atoms with van der Waals surface area (Å²) in [6.45, 7) is 63.5. The second kappa shape index (κ2) is 71.3. The van der Waals surface area contributed by atoms with Gasteiger partial charge in [-0.1, -0.05) is 177 Å². The lowest BCUT2D eigenvalue weighted by molar-refractivity contribution is 0.0223. The molecule has 4 fully saturated rings. The minimum atomic E-state index is -0.413. The van der Waals surface area contributed by atoms with Crippen molar-refractivity contribution < 1.29 is 116 Å². The molecule has 0 amide bonds. The summed E-state index contributed by atoms with van der Waals surface area (Å²) in [7, 11) is 0. The van der Waals surface area contributed by atoms with Gasteiger partial charge in [0, 0.05) is 54.5 Å². The maximum absolute atomic E-state index is 12.5. The van der Waals surface area contributed by atoms with Gasteiger partial charge in [-0.2, -0.15) is 0 Å². The van der Waals surface area contributed by atoms with Gasteiger partial charge >= 0.3 is 35.8 Å². The van der Waals surface area contributed by atoms with Gasteiger partial charge in [-0.15, -0.1) is 0 Å². The number of piperidine rings is 4. The van der Waals surface area contributed by atoms with Crippen LogP contribution >= 0.6 is 0 Å². The van der Waals surface area contributed by atoms with Gasteiger partial charge in [0.05, 0.1) is 56.3 Å². The molecule has 6 aromatic carbocycles. The van der Waals surface area contributed by atoms with E-state index in [9.17, 15) is 59.4 Å². The summed E-state index contributed by atoms with van der Waals surface area (Å²) in [5, 5.41) is 58.3. The van der Waals surface area contributed by atoms with Crippen molar-refractivity contribution in [3.8, 4) is 69.0 Å². The van der Waals surface area contributed by atoms with Gasteiger partial charge in [-0.05, 0) is 296 Å². The predicted octanol–water partition coefficient (Wildman–Crippen LogP) is 22.8.